The van der Waals surface area contributed by atoms with Gasteiger partial charge < -0.3 is 9.52 Å². The van der Waals surface area contributed by atoms with Crippen LogP contribution >= 0.6 is 11.6 Å². The summed E-state index contributed by atoms with van der Waals surface area (Å²) in [5.74, 6) is 0.114. The van der Waals surface area contributed by atoms with Crippen molar-refractivity contribution in [3.05, 3.63) is 99.4 Å². The summed E-state index contributed by atoms with van der Waals surface area (Å²) in [7, 11) is 0. The van der Waals surface area contributed by atoms with Crippen LogP contribution in [0.2, 0.25) is 5.02 Å². The summed E-state index contributed by atoms with van der Waals surface area (Å²) in [6.07, 6.45) is 1.43. The number of nitrogens with zero attached hydrogens (tertiary/aromatic N) is 1. The molecule has 4 aromatic rings. The van der Waals surface area contributed by atoms with E-state index >= 15 is 0 Å². The van der Waals surface area contributed by atoms with Crippen LogP contribution in [-0.4, -0.2) is 16.6 Å². The first-order valence-electron chi connectivity index (χ1n) is 9.86. The number of aromatic hydroxyl groups is 1. The van der Waals surface area contributed by atoms with Crippen LogP contribution in [0, 0.1) is 0 Å². The molecular formula is C25H22ClNO3. The number of benzene rings is 3. The highest BCUT2D eigenvalue weighted by Crippen LogP contribution is 2.31. The molecule has 1 heterocycles. The van der Waals surface area contributed by atoms with Gasteiger partial charge in [0.25, 0.3) is 0 Å². The normalized spacial score (nSPS) is 11.3. The summed E-state index contributed by atoms with van der Waals surface area (Å²) in [4.78, 5) is 15.4. The molecule has 1 aromatic heterocycles. The molecule has 30 heavy (non-hydrogen) atoms. The number of phenolic OH excluding ortho intramolecular Hbond substituents is 1. The second-order valence-corrected chi connectivity index (χ2v) is 7.59. The van der Waals surface area contributed by atoms with Gasteiger partial charge in [0.15, 0.2) is 0 Å². The Kier molecular flexibility index (Phi) is 5.88. The quantitative estimate of drug-likeness (QED) is 0.426. The largest absolute Gasteiger partial charge is 0.507 e. The van der Waals surface area contributed by atoms with Gasteiger partial charge in [-0.25, -0.2) is 0 Å². The second kappa shape index (κ2) is 8.74. The molecule has 0 saturated heterocycles. The standard InChI is InChI=1S/C25H22ClNO3/c1-2-27(14-17-8-4-3-5-9-17)15-20-23(28)13-12-19-24(29)21(16-30-25(19)20)18-10-6-7-11-22(18)26/h3-13,16,28H,2,14-15H2,1H3. The summed E-state index contributed by atoms with van der Waals surface area (Å²) < 4.78 is 5.90. The van der Waals surface area contributed by atoms with Gasteiger partial charge in [-0.15, -0.1) is 0 Å². The molecule has 5 heteroatoms. The molecule has 4 nitrogen and oxygen atoms in total. The molecule has 0 spiro atoms. The van der Waals surface area contributed by atoms with Gasteiger partial charge >= 0.3 is 0 Å². The molecule has 0 fully saturated rings. The van der Waals surface area contributed by atoms with Crippen molar-refractivity contribution in [2.75, 3.05) is 6.54 Å². The van der Waals surface area contributed by atoms with E-state index in [9.17, 15) is 9.90 Å². The average molecular weight is 420 g/mol. The summed E-state index contributed by atoms with van der Waals surface area (Å²) >= 11 is 6.28. The maximum atomic E-state index is 13.2. The highest BCUT2D eigenvalue weighted by Gasteiger charge is 2.18. The Labute approximate surface area is 180 Å². The minimum Gasteiger partial charge on any atom is -0.507 e. The smallest absolute Gasteiger partial charge is 0.200 e. The number of rotatable bonds is 6. The van der Waals surface area contributed by atoms with E-state index in [0.717, 1.165) is 13.1 Å². The molecule has 0 aliphatic rings. The fourth-order valence-corrected chi connectivity index (χ4v) is 3.85. The summed E-state index contributed by atoms with van der Waals surface area (Å²) in [6.45, 7) is 4.04. The van der Waals surface area contributed by atoms with Crippen LogP contribution in [0.4, 0.5) is 0 Å². The zero-order valence-electron chi connectivity index (χ0n) is 16.6. The minimum absolute atomic E-state index is 0.114. The predicted octanol–water partition coefficient (Wildman–Crippen LogP) is 5.84. The van der Waals surface area contributed by atoms with E-state index in [1.54, 1.807) is 24.3 Å². The van der Waals surface area contributed by atoms with Crippen molar-refractivity contribution in [2.24, 2.45) is 0 Å². The molecule has 1 N–H and O–H groups in total. The van der Waals surface area contributed by atoms with Gasteiger partial charge in [0, 0.05) is 23.7 Å². The predicted molar refractivity (Wildman–Crippen MR) is 121 cm³/mol. The first-order chi connectivity index (χ1) is 14.6. The molecule has 0 amide bonds. The molecule has 152 valence electrons. The van der Waals surface area contributed by atoms with E-state index in [4.69, 9.17) is 16.0 Å². The van der Waals surface area contributed by atoms with Gasteiger partial charge in [-0.1, -0.05) is 67.1 Å². The molecule has 3 aromatic carbocycles. The van der Waals surface area contributed by atoms with E-state index in [0.29, 0.717) is 39.2 Å². The van der Waals surface area contributed by atoms with Gasteiger partial charge in [-0.2, -0.15) is 0 Å². The van der Waals surface area contributed by atoms with Crippen molar-refractivity contribution >= 4 is 22.6 Å². The first-order valence-corrected chi connectivity index (χ1v) is 10.2. The number of halogens is 1. The summed E-state index contributed by atoms with van der Waals surface area (Å²) in [6, 6.07) is 20.5. The Balaban J connectivity index is 1.75. The van der Waals surface area contributed by atoms with E-state index in [-0.39, 0.29) is 11.2 Å². The number of hydrogen-bond donors (Lipinski definition) is 1. The van der Waals surface area contributed by atoms with E-state index in [1.807, 2.05) is 30.3 Å². The minimum atomic E-state index is -0.170. The molecule has 4 rings (SSSR count). The fourth-order valence-electron chi connectivity index (χ4n) is 3.61. The lowest BCUT2D eigenvalue weighted by molar-refractivity contribution is 0.267. The maximum Gasteiger partial charge on any atom is 0.200 e. The molecule has 0 unspecified atom stereocenters. The van der Waals surface area contributed by atoms with Crippen LogP contribution in [-0.2, 0) is 13.1 Å². The van der Waals surface area contributed by atoms with Gasteiger partial charge in [0.1, 0.15) is 17.6 Å². The van der Waals surface area contributed by atoms with Crippen LogP contribution in [0.1, 0.15) is 18.1 Å². The lowest BCUT2D eigenvalue weighted by Crippen LogP contribution is -2.22. The van der Waals surface area contributed by atoms with Crippen molar-refractivity contribution in [2.45, 2.75) is 20.0 Å². The van der Waals surface area contributed by atoms with Crippen LogP contribution in [0.25, 0.3) is 22.1 Å². The maximum absolute atomic E-state index is 13.2. The van der Waals surface area contributed by atoms with E-state index < -0.39 is 0 Å². The first kappa shape index (κ1) is 20.2. The topological polar surface area (TPSA) is 53.7 Å². The van der Waals surface area contributed by atoms with Gasteiger partial charge in [0.05, 0.1) is 16.5 Å². The van der Waals surface area contributed by atoms with E-state index in [1.165, 1.54) is 11.8 Å². The van der Waals surface area contributed by atoms with Crippen molar-refractivity contribution < 1.29 is 9.52 Å². The molecule has 0 saturated carbocycles. The number of fused-ring (bicyclic) bond motifs is 1. The Morgan fingerprint density at radius 2 is 1.67 bits per heavy atom. The lowest BCUT2D eigenvalue weighted by Gasteiger charge is -2.21. The molecule has 0 aliphatic carbocycles. The molecule has 0 bridgehead atoms. The zero-order valence-corrected chi connectivity index (χ0v) is 17.4. The fraction of sp³-hybridized carbons (Fsp3) is 0.160. The second-order valence-electron chi connectivity index (χ2n) is 7.19. The van der Waals surface area contributed by atoms with Crippen LogP contribution < -0.4 is 5.43 Å². The number of hydrogen-bond acceptors (Lipinski definition) is 4. The van der Waals surface area contributed by atoms with Gasteiger partial charge in [0.2, 0.25) is 5.43 Å². The van der Waals surface area contributed by atoms with Gasteiger partial charge in [-0.05, 0) is 30.3 Å². The summed E-state index contributed by atoms with van der Waals surface area (Å²) in [5, 5.41) is 11.4. The lowest BCUT2D eigenvalue weighted by atomic mass is 10.0. The monoisotopic (exact) mass is 419 g/mol. The van der Waals surface area contributed by atoms with Crippen LogP contribution in [0.15, 0.2) is 82.2 Å². The van der Waals surface area contributed by atoms with Crippen molar-refractivity contribution in [1.29, 1.82) is 0 Å². The molecule has 0 radical (unpaired) electrons. The Morgan fingerprint density at radius 3 is 2.40 bits per heavy atom. The Bertz CT molecular complexity index is 1230. The van der Waals surface area contributed by atoms with Crippen molar-refractivity contribution in [3.8, 4) is 16.9 Å². The highest BCUT2D eigenvalue weighted by atomic mass is 35.5. The third kappa shape index (κ3) is 3.97. The number of phenols is 1. The van der Waals surface area contributed by atoms with Gasteiger partial charge in [-0.3, -0.25) is 9.69 Å². The van der Waals surface area contributed by atoms with Crippen molar-refractivity contribution in [3.63, 3.8) is 0 Å². The van der Waals surface area contributed by atoms with Crippen molar-refractivity contribution in [1.82, 2.24) is 4.90 Å². The third-order valence-electron chi connectivity index (χ3n) is 5.26. The zero-order chi connectivity index (χ0) is 21.1. The molecule has 0 atom stereocenters. The van der Waals surface area contributed by atoms with Crippen LogP contribution in [0.5, 0.6) is 5.75 Å². The molecule has 0 aliphatic heterocycles. The summed E-state index contributed by atoms with van der Waals surface area (Å²) in [5.41, 5.74) is 3.05. The average Bonchev–Trinajstić information content (AvgIpc) is 2.76. The van der Waals surface area contributed by atoms with Crippen LogP contribution in [0.3, 0.4) is 0 Å². The third-order valence-corrected chi connectivity index (χ3v) is 5.59. The molecular weight excluding hydrogens is 398 g/mol. The Hall–Kier alpha value is -3.08. The SMILES string of the molecule is CCN(Cc1ccccc1)Cc1c(O)ccc2c(=O)c(-c3ccccc3Cl)coc12. The highest BCUT2D eigenvalue weighted by molar-refractivity contribution is 6.33. The van der Waals surface area contributed by atoms with E-state index in [2.05, 4.69) is 24.0 Å². The Morgan fingerprint density at radius 1 is 0.933 bits per heavy atom.